The Morgan fingerprint density at radius 3 is 2.80 bits per heavy atom. The molecule has 0 aliphatic carbocycles. The summed E-state index contributed by atoms with van der Waals surface area (Å²) in [6.45, 7) is 6.38. The number of carbonyl (C=O) groups is 1. The number of nitrogens with one attached hydrogen (secondary N) is 1. The van der Waals surface area contributed by atoms with Crippen molar-refractivity contribution in [2.75, 3.05) is 12.4 Å². The Morgan fingerprint density at radius 2 is 2.07 bits per heavy atom. The number of amides is 1. The highest BCUT2D eigenvalue weighted by atomic mass is 32.2. The highest BCUT2D eigenvalue weighted by molar-refractivity contribution is 7.99. The van der Waals surface area contributed by atoms with Crippen molar-refractivity contribution >= 4 is 34.9 Å². The van der Waals surface area contributed by atoms with E-state index in [1.54, 1.807) is 6.21 Å². The van der Waals surface area contributed by atoms with E-state index in [1.807, 2.05) is 74.9 Å². The Hall–Kier alpha value is -3.00. The maximum absolute atomic E-state index is 12.2. The molecule has 30 heavy (non-hydrogen) atoms. The maximum Gasteiger partial charge on any atom is 0.250 e. The zero-order valence-corrected chi connectivity index (χ0v) is 18.4. The van der Waals surface area contributed by atoms with Gasteiger partial charge in [-0.1, -0.05) is 23.9 Å². The lowest BCUT2D eigenvalue weighted by Crippen LogP contribution is -2.19. The Bertz CT molecular complexity index is 1050. The number of ether oxygens (including phenoxy) is 2. The molecule has 8 heteroatoms. The molecule has 158 valence electrons. The van der Waals surface area contributed by atoms with Gasteiger partial charge in [-0.3, -0.25) is 4.79 Å². The fourth-order valence-electron chi connectivity index (χ4n) is 2.82. The third-order valence-electron chi connectivity index (χ3n) is 4.11. The molecule has 1 heterocycles. The van der Waals surface area contributed by atoms with Crippen LogP contribution in [0.4, 0.5) is 0 Å². The highest BCUT2D eigenvalue weighted by Gasteiger charge is 2.10. The van der Waals surface area contributed by atoms with Crippen molar-refractivity contribution in [2.24, 2.45) is 12.1 Å². The number of hydrazone groups is 1. The minimum absolute atomic E-state index is 0.0526. The molecule has 0 atom stereocenters. The molecule has 0 radical (unpaired) electrons. The molecule has 0 saturated carbocycles. The Morgan fingerprint density at radius 1 is 1.27 bits per heavy atom. The first-order valence-electron chi connectivity index (χ1n) is 9.77. The van der Waals surface area contributed by atoms with Crippen molar-refractivity contribution in [3.05, 3.63) is 48.0 Å². The van der Waals surface area contributed by atoms with Crippen molar-refractivity contribution < 1.29 is 14.3 Å². The Balaban J connectivity index is 1.57. The topological polar surface area (TPSA) is 77.7 Å². The van der Waals surface area contributed by atoms with Crippen LogP contribution in [-0.2, 0) is 11.8 Å². The Kier molecular flexibility index (Phi) is 7.35. The molecule has 1 N–H and O–H groups in total. The highest BCUT2D eigenvalue weighted by Crippen LogP contribution is 2.29. The van der Waals surface area contributed by atoms with Crippen LogP contribution in [0.25, 0.3) is 11.0 Å². The van der Waals surface area contributed by atoms with E-state index in [0.717, 1.165) is 21.8 Å². The first kappa shape index (κ1) is 21.7. The number of hydrogen-bond acceptors (Lipinski definition) is 6. The fourth-order valence-corrected chi connectivity index (χ4v) is 3.60. The summed E-state index contributed by atoms with van der Waals surface area (Å²) < 4.78 is 13.4. The monoisotopic (exact) mass is 426 g/mol. The van der Waals surface area contributed by atoms with E-state index >= 15 is 0 Å². The number of nitrogens with zero attached hydrogens (tertiary/aromatic N) is 3. The minimum Gasteiger partial charge on any atom is -0.490 e. The van der Waals surface area contributed by atoms with E-state index in [1.165, 1.54) is 11.8 Å². The first-order valence-corrected chi connectivity index (χ1v) is 10.8. The molecule has 0 unspecified atom stereocenters. The van der Waals surface area contributed by atoms with E-state index in [0.29, 0.717) is 18.1 Å². The maximum atomic E-state index is 12.2. The molecular weight excluding hydrogens is 400 g/mol. The molecule has 0 fully saturated rings. The van der Waals surface area contributed by atoms with Crippen molar-refractivity contribution in [2.45, 2.75) is 32.0 Å². The van der Waals surface area contributed by atoms with Gasteiger partial charge in [0.25, 0.3) is 5.91 Å². The second kappa shape index (κ2) is 10.2. The first-order chi connectivity index (χ1) is 14.5. The number of hydrogen-bond donors (Lipinski definition) is 1. The second-order valence-electron chi connectivity index (χ2n) is 6.83. The van der Waals surface area contributed by atoms with Crippen LogP contribution in [-0.4, -0.2) is 40.1 Å². The zero-order chi connectivity index (χ0) is 21.5. The average molecular weight is 427 g/mol. The summed E-state index contributed by atoms with van der Waals surface area (Å²) in [6, 6.07) is 13.4. The lowest BCUT2D eigenvalue weighted by Gasteiger charge is -2.14. The number of benzene rings is 2. The molecule has 0 spiro atoms. The summed E-state index contributed by atoms with van der Waals surface area (Å²) in [6.07, 6.45) is 1.64. The van der Waals surface area contributed by atoms with Crippen LogP contribution in [0.5, 0.6) is 11.5 Å². The van der Waals surface area contributed by atoms with E-state index < -0.39 is 0 Å². The number of carbonyl (C=O) groups excluding carboxylic acids is 1. The summed E-state index contributed by atoms with van der Waals surface area (Å²) >= 11 is 1.37. The predicted molar refractivity (Wildman–Crippen MR) is 121 cm³/mol. The summed E-state index contributed by atoms with van der Waals surface area (Å²) in [5, 5.41) is 4.84. The van der Waals surface area contributed by atoms with Crippen LogP contribution >= 0.6 is 11.8 Å². The summed E-state index contributed by atoms with van der Waals surface area (Å²) in [7, 11) is 1.94. The van der Waals surface area contributed by atoms with E-state index in [-0.39, 0.29) is 17.8 Å². The molecule has 1 aromatic heterocycles. The van der Waals surface area contributed by atoms with Gasteiger partial charge < -0.3 is 14.0 Å². The van der Waals surface area contributed by atoms with Gasteiger partial charge in [-0.25, -0.2) is 10.4 Å². The lowest BCUT2D eigenvalue weighted by molar-refractivity contribution is -0.118. The Labute approximate surface area is 180 Å². The van der Waals surface area contributed by atoms with E-state index in [2.05, 4.69) is 15.5 Å². The van der Waals surface area contributed by atoms with Crippen LogP contribution in [0.3, 0.4) is 0 Å². The van der Waals surface area contributed by atoms with Crippen LogP contribution < -0.4 is 14.9 Å². The number of imidazole rings is 1. The van der Waals surface area contributed by atoms with Crippen molar-refractivity contribution in [1.29, 1.82) is 0 Å². The van der Waals surface area contributed by atoms with Gasteiger partial charge in [0.2, 0.25) is 0 Å². The second-order valence-corrected chi connectivity index (χ2v) is 7.77. The number of aryl methyl sites for hydroxylation is 1. The third kappa shape index (κ3) is 5.54. The largest absolute Gasteiger partial charge is 0.490 e. The third-order valence-corrected chi connectivity index (χ3v) is 5.14. The molecule has 0 saturated heterocycles. The van der Waals surface area contributed by atoms with Crippen molar-refractivity contribution in [3.8, 4) is 11.5 Å². The molecular formula is C22H26N4O3S. The van der Waals surface area contributed by atoms with Crippen LogP contribution in [0.15, 0.2) is 52.7 Å². The van der Waals surface area contributed by atoms with Gasteiger partial charge >= 0.3 is 0 Å². The molecule has 1 amide bonds. The van der Waals surface area contributed by atoms with Gasteiger partial charge in [-0.2, -0.15) is 5.10 Å². The molecule has 3 aromatic rings. The molecule has 2 aromatic carbocycles. The number of rotatable bonds is 9. The lowest BCUT2D eigenvalue weighted by atomic mass is 10.2. The van der Waals surface area contributed by atoms with Gasteiger partial charge in [-0.05, 0) is 56.7 Å². The number of thioether (sulfide) groups is 1. The van der Waals surface area contributed by atoms with Crippen LogP contribution in [0.2, 0.25) is 0 Å². The minimum atomic E-state index is -0.201. The van der Waals surface area contributed by atoms with Gasteiger partial charge in [0.05, 0.1) is 35.7 Å². The van der Waals surface area contributed by atoms with Crippen molar-refractivity contribution in [3.63, 3.8) is 0 Å². The van der Waals surface area contributed by atoms with Crippen molar-refractivity contribution in [1.82, 2.24) is 15.0 Å². The molecule has 7 nitrogen and oxygen atoms in total. The van der Waals surface area contributed by atoms with Crippen LogP contribution in [0, 0.1) is 0 Å². The average Bonchev–Trinajstić information content (AvgIpc) is 3.04. The molecule has 0 aliphatic rings. The van der Waals surface area contributed by atoms with Gasteiger partial charge in [0.1, 0.15) is 0 Å². The number of aromatic nitrogens is 2. The van der Waals surface area contributed by atoms with E-state index in [4.69, 9.17) is 9.47 Å². The summed E-state index contributed by atoms with van der Waals surface area (Å²) in [4.78, 5) is 16.7. The SMILES string of the molecule is CCOc1cc(/C=N\NC(=O)CSc2nc3ccccc3n2C)ccc1OC(C)C. The number of para-hydroxylation sites is 2. The van der Waals surface area contributed by atoms with Crippen LogP contribution in [0.1, 0.15) is 26.3 Å². The van der Waals surface area contributed by atoms with Gasteiger partial charge in [-0.15, -0.1) is 0 Å². The quantitative estimate of drug-likeness (QED) is 0.318. The summed E-state index contributed by atoms with van der Waals surface area (Å²) in [5.41, 5.74) is 5.31. The normalized spacial score (nSPS) is 11.4. The molecule has 0 bridgehead atoms. The van der Waals surface area contributed by atoms with Gasteiger partial charge in [0.15, 0.2) is 16.7 Å². The molecule has 3 rings (SSSR count). The summed E-state index contributed by atoms with van der Waals surface area (Å²) in [5.74, 6) is 1.36. The van der Waals surface area contributed by atoms with Gasteiger partial charge in [0, 0.05) is 7.05 Å². The molecule has 0 aliphatic heterocycles. The van der Waals surface area contributed by atoms with E-state index in [9.17, 15) is 4.79 Å². The fraction of sp³-hybridized carbons (Fsp3) is 0.318. The standard InChI is InChI=1S/C22H26N4O3S/c1-5-28-20-12-16(10-11-19(20)29-15(2)3)13-23-25-21(27)14-30-22-24-17-8-6-7-9-18(17)26(22)4/h6-13,15H,5,14H2,1-4H3,(H,25,27)/b23-13-. The number of fused-ring (bicyclic) bond motifs is 1. The predicted octanol–water partition coefficient (Wildman–Crippen LogP) is 4.00. The zero-order valence-electron chi connectivity index (χ0n) is 17.6. The smallest absolute Gasteiger partial charge is 0.250 e.